The maximum atomic E-state index is 2.22. The van der Waals surface area contributed by atoms with Crippen LogP contribution in [0, 0.1) is 5.41 Å². The molecule has 0 radical (unpaired) electrons. The Bertz CT molecular complexity index is 180. The number of rotatable bonds is 2. The van der Waals surface area contributed by atoms with Gasteiger partial charge < -0.3 is 0 Å². The minimum absolute atomic E-state index is 0.303. The van der Waals surface area contributed by atoms with Crippen molar-refractivity contribution in [2.75, 3.05) is 0 Å². The molecule has 0 saturated carbocycles. The van der Waals surface area contributed by atoms with Crippen LogP contribution in [0.4, 0.5) is 0 Å². The maximum absolute atomic E-state index is 2.22. The van der Waals surface area contributed by atoms with Crippen LogP contribution in [0.3, 0.4) is 0 Å². The summed E-state index contributed by atoms with van der Waals surface area (Å²) >= 11 is 1.51. The summed E-state index contributed by atoms with van der Waals surface area (Å²) in [6.07, 6.45) is 6.50. The van der Waals surface area contributed by atoms with E-state index >= 15 is 0 Å². The average Bonchev–Trinajstić information content (AvgIpc) is 1.85. The zero-order valence-electron chi connectivity index (χ0n) is 7.72. The van der Waals surface area contributed by atoms with Crippen LogP contribution in [-0.2, 0) is 19.4 Å². The van der Waals surface area contributed by atoms with Crippen LogP contribution in [0.25, 0.3) is 0 Å². The van der Waals surface area contributed by atoms with Gasteiger partial charge in [0.25, 0.3) is 0 Å². The Morgan fingerprint density at radius 1 is 1.27 bits per heavy atom. The monoisotopic (exact) mass is 320 g/mol. The van der Waals surface area contributed by atoms with E-state index < -0.39 is 0 Å². The van der Waals surface area contributed by atoms with Gasteiger partial charge in [-0.05, 0) is 0 Å². The predicted molar refractivity (Wildman–Crippen MR) is 48.4 cm³/mol. The van der Waals surface area contributed by atoms with Crippen LogP contribution in [0.5, 0.6) is 0 Å². The number of hydrogen-bond acceptors (Lipinski definition) is 0. The van der Waals surface area contributed by atoms with E-state index in [2.05, 4.69) is 50.3 Å². The van der Waals surface area contributed by atoms with Crippen molar-refractivity contribution in [3.05, 3.63) is 23.8 Å². The Hall–Kier alpha value is 0.0383. The summed E-state index contributed by atoms with van der Waals surface area (Å²) in [4.78, 5) is 0. The van der Waals surface area contributed by atoms with Crippen LogP contribution >= 0.6 is 0 Å². The summed E-state index contributed by atoms with van der Waals surface area (Å²) in [6, 6.07) is 0. The van der Waals surface area contributed by atoms with Crippen LogP contribution in [0.1, 0.15) is 27.7 Å². The molecule has 0 unspecified atom stereocenters. The standard InChI is InChI=1S/C10H16.W/c1-9(2)7-6-8-10(3,4)5;/h1,6-8H,2-5H3;. The first-order valence-corrected chi connectivity index (χ1v) is 5.46. The molecule has 0 nitrogen and oxygen atoms in total. The van der Waals surface area contributed by atoms with Gasteiger partial charge in [-0.3, -0.25) is 0 Å². The van der Waals surface area contributed by atoms with Gasteiger partial charge in [0.15, 0.2) is 0 Å². The van der Waals surface area contributed by atoms with E-state index in [1.54, 1.807) is 0 Å². The average molecular weight is 320 g/mol. The van der Waals surface area contributed by atoms with Crippen LogP contribution < -0.4 is 0 Å². The summed E-state index contributed by atoms with van der Waals surface area (Å²) < 4.78 is 2.19. The molecule has 0 aliphatic rings. The topological polar surface area (TPSA) is 0 Å². The third kappa shape index (κ3) is 7.94. The molecule has 62 valence electrons. The molecule has 0 amide bonds. The summed E-state index contributed by atoms with van der Waals surface area (Å²) in [5.74, 6) is 0. The predicted octanol–water partition coefficient (Wildman–Crippen LogP) is 2.88. The molecule has 1 heteroatoms. The molecule has 0 aliphatic carbocycles. The summed E-state index contributed by atoms with van der Waals surface area (Å²) in [6.45, 7) is 8.73. The van der Waals surface area contributed by atoms with Gasteiger partial charge in [-0.1, -0.05) is 0 Å². The quantitative estimate of drug-likeness (QED) is 0.687. The van der Waals surface area contributed by atoms with Gasteiger partial charge in [-0.15, -0.1) is 0 Å². The fourth-order valence-corrected chi connectivity index (χ4v) is 0.810. The third-order valence-electron chi connectivity index (χ3n) is 1.14. The zero-order valence-corrected chi connectivity index (χ0v) is 10.7. The van der Waals surface area contributed by atoms with Gasteiger partial charge in [0.1, 0.15) is 0 Å². The van der Waals surface area contributed by atoms with E-state index in [1.165, 1.54) is 24.9 Å². The van der Waals surface area contributed by atoms with E-state index in [4.69, 9.17) is 0 Å². The number of allylic oxidation sites excluding steroid dienone is 4. The fraction of sp³-hybridized carbons (Fsp3) is 0.500. The molecule has 0 aliphatic heterocycles. The van der Waals surface area contributed by atoms with Gasteiger partial charge in [0.05, 0.1) is 0 Å². The van der Waals surface area contributed by atoms with Crippen molar-refractivity contribution in [3.8, 4) is 0 Å². The molecule has 0 aromatic heterocycles. The Morgan fingerprint density at radius 3 is 2.18 bits per heavy atom. The normalized spacial score (nSPS) is 14.0. The molecule has 0 fully saturated rings. The van der Waals surface area contributed by atoms with E-state index in [0.29, 0.717) is 5.41 Å². The second kappa shape index (κ2) is 4.82. The Balaban J connectivity index is 4.06. The van der Waals surface area contributed by atoms with Crippen molar-refractivity contribution in [3.63, 3.8) is 0 Å². The summed E-state index contributed by atoms with van der Waals surface area (Å²) in [7, 11) is 0. The van der Waals surface area contributed by atoms with Crippen molar-refractivity contribution >= 4 is 4.40 Å². The zero-order chi connectivity index (χ0) is 8.91. The fourth-order valence-electron chi connectivity index (χ4n) is 0.528. The number of hydrogen-bond donors (Lipinski definition) is 0. The van der Waals surface area contributed by atoms with Crippen molar-refractivity contribution in [2.45, 2.75) is 27.7 Å². The molecule has 0 spiro atoms. The van der Waals surface area contributed by atoms with Crippen molar-refractivity contribution in [2.24, 2.45) is 5.41 Å². The van der Waals surface area contributed by atoms with Gasteiger partial charge in [0, 0.05) is 0 Å². The van der Waals surface area contributed by atoms with Crippen molar-refractivity contribution < 1.29 is 19.4 Å². The van der Waals surface area contributed by atoms with E-state index in [1.807, 2.05) is 0 Å². The molecular formula is C10H16W. The summed E-state index contributed by atoms with van der Waals surface area (Å²) in [5, 5.41) is 0. The molecular weight excluding hydrogens is 304 g/mol. The van der Waals surface area contributed by atoms with Crippen LogP contribution in [0.2, 0.25) is 0 Å². The second-order valence-electron chi connectivity index (χ2n) is 3.75. The molecule has 0 heterocycles. The van der Waals surface area contributed by atoms with Crippen molar-refractivity contribution in [1.82, 2.24) is 0 Å². The Labute approximate surface area is 80.8 Å². The molecule has 0 bridgehead atoms. The molecule has 0 rings (SSSR count). The van der Waals surface area contributed by atoms with Crippen LogP contribution in [-0.4, -0.2) is 4.40 Å². The van der Waals surface area contributed by atoms with E-state index in [-0.39, 0.29) is 0 Å². The van der Waals surface area contributed by atoms with Crippen LogP contribution in [0.15, 0.2) is 23.8 Å². The third-order valence-corrected chi connectivity index (χ3v) is 2.48. The van der Waals surface area contributed by atoms with Gasteiger partial charge in [0.2, 0.25) is 0 Å². The molecule has 0 N–H and O–H groups in total. The molecule has 0 aromatic carbocycles. The Kier molecular flexibility index (Phi) is 4.84. The van der Waals surface area contributed by atoms with Gasteiger partial charge in [-0.25, -0.2) is 0 Å². The van der Waals surface area contributed by atoms with E-state index in [9.17, 15) is 0 Å². The first-order valence-electron chi connectivity index (χ1n) is 3.77. The van der Waals surface area contributed by atoms with E-state index in [0.717, 1.165) is 0 Å². The molecule has 11 heavy (non-hydrogen) atoms. The SMILES string of the molecule is CC([CH]=[W])=CC=CC(C)(C)C. The Morgan fingerprint density at radius 2 is 1.82 bits per heavy atom. The molecule has 0 atom stereocenters. The first kappa shape index (κ1) is 11.0. The second-order valence-corrected chi connectivity index (χ2v) is 4.60. The summed E-state index contributed by atoms with van der Waals surface area (Å²) in [5.41, 5.74) is 1.65. The van der Waals surface area contributed by atoms with Gasteiger partial charge >= 0.3 is 80.7 Å². The molecule has 0 saturated heterocycles. The molecule has 0 aromatic rings. The minimum atomic E-state index is 0.303. The first-order chi connectivity index (χ1) is 4.95. The van der Waals surface area contributed by atoms with Crippen molar-refractivity contribution in [1.29, 1.82) is 0 Å². The van der Waals surface area contributed by atoms with Gasteiger partial charge in [-0.2, -0.15) is 0 Å².